The van der Waals surface area contributed by atoms with Gasteiger partial charge in [-0.15, -0.1) is 0 Å². The Morgan fingerprint density at radius 3 is 2.04 bits per heavy atom. The van der Waals surface area contributed by atoms with Crippen LogP contribution in [0.3, 0.4) is 0 Å². The fraction of sp³-hybridized carbons (Fsp3) is 0.810. The molecular formula is C21H38O5. The molecule has 0 rings (SSSR count). The van der Waals surface area contributed by atoms with Crippen molar-refractivity contribution in [1.29, 1.82) is 0 Å². The second-order valence-corrected chi connectivity index (χ2v) is 7.00. The molecule has 0 fully saturated rings. The zero-order valence-electron chi connectivity index (χ0n) is 16.5. The van der Waals surface area contributed by atoms with Crippen molar-refractivity contribution in [2.45, 2.75) is 109 Å². The van der Waals surface area contributed by atoms with Gasteiger partial charge in [-0.05, 0) is 25.7 Å². The summed E-state index contributed by atoms with van der Waals surface area (Å²) in [5, 5.41) is 19.0. The van der Waals surface area contributed by atoms with Gasteiger partial charge in [0.25, 0.3) is 0 Å². The van der Waals surface area contributed by atoms with E-state index in [9.17, 15) is 14.7 Å². The summed E-state index contributed by atoms with van der Waals surface area (Å²) in [6.45, 7) is 5.61. The Hall–Kier alpha value is -1.36. The van der Waals surface area contributed by atoms with Crippen LogP contribution in [0.4, 0.5) is 0 Å². The Balaban J connectivity index is 4.01. The van der Waals surface area contributed by atoms with Gasteiger partial charge in [-0.2, -0.15) is 0 Å². The summed E-state index contributed by atoms with van der Waals surface area (Å²) in [4.78, 5) is 21.9. The molecule has 0 bridgehead atoms. The molecule has 5 nitrogen and oxygen atoms in total. The monoisotopic (exact) mass is 370 g/mol. The second kappa shape index (κ2) is 17.1. The molecule has 0 aliphatic carbocycles. The smallest absolute Gasteiger partial charge is 0.330 e. The van der Waals surface area contributed by atoms with Gasteiger partial charge in [0.2, 0.25) is 0 Å². The minimum atomic E-state index is -0.748. The number of aliphatic carboxylic acids is 1. The van der Waals surface area contributed by atoms with Gasteiger partial charge >= 0.3 is 11.9 Å². The van der Waals surface area contributed by atoms with Gasteiger partial charge < -0.3 is 14.9 Å². The molecule has 2 atom stereocenters. The van der Waals surface area contributed by atoms with Gasteiger partial charge in [0.1, 0.15) is 6.10 Å². The number of unbranched alkanes of at least 4 members (excludes halogenated alkanes) is 9. The number of esters is 1. The standard InChI is InChI=1S/C21H38O5/c1-3-5-6-7-10-13-16-19(26-21(25)4-2)18(22)15-12-9-8-11-14-17-20(23)24/h4,18-19,22H,2-3,5-17H2,1H3,(H,23,24). The van der Waals surface area contributed by atoms with Crippen LogP contribution < -0.4 is 0 Å². The quantitative estimate of drug-likeness (QED) is 0.201. The highest BCUT2D eigenvalue weighted by Crippen LogP contribution is 2.18. The van der Waals surface area contributed by atoms with Gasteiger partial charge in [0, 0.05) is 12.5 Å². The van der Waals surface area contributed by atoms with Crippen molar-refractivity contribution in [3.05, 3.63) is 12.7 Å². The van der Waals surface area contributed by atoms with Crippen LogP contribution in [0.25, 0.3) is 0 Å². The summed E-state index contributed by atoms with van der Waals surface area (Å²) in [7, 11) is 0. The summed E-state index contributed by atoms with van der Waals surface area (Å²) in [6, 6.07) is 0. The van der Waals surface area contributed by atoms with Crippen molar-refractivity contribution in [3.8, 4) is 0 Å². The largest absolute Gasteiger partial charge is 0.481 e. The summed E-state index contributed by atoms with van der Waals surface area (Å²) in [5.74, 6) is -1.23. The maximum absolute atomic E-state index is 11.5. The molecule has 0 aromatic carbocycles. The number of ether oxygens (including phenoxy) is 1. The van der Waals surface area contributed by atoms with Crippen LogP contribution in [0.2, 0.25) is 0 Å². The number of aliphatic hydroxyl groups is 1. The number of rotatable bonds is 18. The van der Waals surface area contributed by atoms with Crippen LogP contribution in [-0.2, 0) is 14.3 Å². The van der Waals surface area contributed by atoms with Gasteiger partial charge in [0.15, 0.2) is 0 Å². The SMILES string of the molecule is C=CC(=O)OC(CCCCCCCC)C(O)CCCCCCCC(=O)O. The number of aliphatic hydroxyl groups excluding tert-OH is 1. The van der Waals surface area contributed by atoms with E-state index in [1.165, 1.54) is 25.7 Å². The fourth-order valence-corrected chi connectivity index (χ4v) is 3.00. The number of carboxylic acid groups (broad SMARTS) is 1. The Labute approximate surface area is 158 Å². The van der Waals surface area contributed by atoms with Crippen molar-refractivity contribution in [3.63, 3.8) is 0 Å². The van der Waals surface area contributed by atoms with Crippen LogP contribution in [0, 0.1) is 0 Å². The molecule has 0 aromatic rings. The van der Waals surface area contributed by atoms with E-state index < -0.39 is 24.1 Å². The van der Waals surface area contributed by atoms with E-state index in [1.807, 2.05) is 0 Å². The first-order valence-corrected chi connectivity index (χ1v) is 10.2. The topological polar surface area (TPSA) is 83.8 Å². The summed E-state index contributed by atoms with van der Waals surface area (Å²) in [5.41, 5.74) is 0. The van der Waals surface area contributed by atoms with Gasteiger partial charge in [-0.1, -0.05) is 71.3 Å². The first kappa shape index (κ1) is 24.6. The Bertz CT molecular complexity index is 381. The molecule has 0 saturated carbocycles. The van der Waals surface area contributed by atoms with Crippen LogP contribution >= 0.6 is 0 Å². The van der Waals surface area contributed by atoms with E-state index in [2.05, 4.69) is 13.5 Å². The predicted octanol–water partition coefficient (Wildman–Crippen LogP) is 5.01. The number of hydrogen-bond acceptors (Lipinski definition) is 4. The third-order valence-electron chi connectivity index (χ3n) is 4.60. The molecule has 0 amide bonds. The predicted molar refractivity (Wildman–Crippen MR) is 104 cm³/mol. The van der Waals surface area contributed by atoms with Crippen molar-refractivity contribution >= 4 is 11.9 Å². The summed E-state index contributed by atoms with van der Waals surface area (Å²) < 4.78 is 5.34. The Kier molecular flexibility index (Phi) is 16.2. The molecule has 0 spiro atoms. The van der Waals surface area contributed by atoms with Gasteiger partial charge in [-0.3, -0.25) is 4.79 Å². The van der Waals surface area contributed by atoms with E-state index in [0.29, 0.717) is 19.3 Å². The zero-order valence-corrected chi connectivity index (χ0v) is 16.5. The lowest BCUT2D eigenvalue weighted by Crippen LogP contribution is -2.31. The highest BCUT2D eigenvalue weighted by atomic mass is 16.6. The normalized spacial score (nSPS) is 13.2. The molecule has 26 heavy (non-hydrogen) atoms. The minimum Gasteiger partial charge on any atom is -0.481 e. The van der Waals surface area contributed by atoms with Crippen molar-refractivity contribution in [1.82, 2.24) is 0 Å². The molecule has 0 radical (unpaired) electrons. The minimum absolute atomic E-state index is 0.223. The summed E-state index contributed by atoms with van der Waals surface area (Å²) >= 11 is 0. The lowest BCUT2D eigenvalue weighted by atomic mass is 9.99. The number of hydrogen-bond donors (Lipinski definition) is 2. The number of carboxylic acids is 1. The molecule has 0 aliphatic heterocycles. The Morgan fingerprint density at radius 1 is 0.923 bits per heavy atom. The van der Waals surface area contributed by atoms with E-state index in [-0.39, 0.29) is 6.42 Å². The third-order valence-corrected chi connectivity index (χ3v) is 4.60. The van der Waals surface area contributed by atoms with Crippen LogP contribution in [0.5, 0.6) is 0 Å². The average Bonchev–Trinajstić information content (AvgIpc) is 2.62. The van der Waals surface area contributed by atoms with Gasteiger partial charge in [0.05, 0.1) is 6.10 Å². The van der Waals surface area contributed by atoms with E-state index >= 15 is 0 Å². The maximum Gasteiger partial charge on any atom is 0.330 e. The van der Waals surface area contributed by atoms with E-state index in [4.69, 9.17) is 9.84 Å². The molecule has 2 N–H and O–H groups in total. The van der Waals surface area contributed by atoms with Gasteiger partial charge in [-0.25, -0.2) is 4.79 Å². The molecular weight excluding hydrogens is 332 g/mol. The first-order valence-electron chi connectivity index (χ1n) is 10.2. The molecule has 2 unspecified atom stereocenters. The Morgan fingerprint density at radius 2 is 1.46 bits per heavy atom. The van der Waals surface area contributed by atoms with E-state index in [1.54, 1.807) is 0 Å². The fourth-order valence-electron chi connectivity index (χ4n) is 3.00. The van der Waals surface area contributed by atoms with Crippen molar-refractivity contribution < 1.29 is 24.5 Å². The lowest BCUT2D eigenvalue weighted by Gasteiger charge is -2.23. The molecule has 0 saturated heterocycles. The highest BCUT2D eigenvalue weighted by Gasteiger charge is 2.21. The third kappa shape index (κ3) is 14.9. The lowest BCUT2D eigenvalue weighted by molar-refractivity contribution is -0.149. The van der Waals surface area contributed by atoms with E-state index in [0.717, 1.165) is 44.6 Å². The molecule has 0 aliphatic rings. The molecule has 5 heteroatoms. The first-order chi connectivity index (χ1) is 12.5. The second-order valence-electron chi connectivity index (χ2n) is 7.00. The molecule has 152 valence electrons. The summed E-state index contributed by atoms with van der Waals surface area (Å²) in [6.07, 6.45) is 12.9. The number of carbonyl (C=O) groups is 2. The van der Waals surface area contributed by atoms with Crippen LogP contribution in [0.15, 0.2) is 12.7 Å². The molecule has 0 heterocycles. The highest BCUT2D eigenvalue weighted by molar-refractivity contribution is 5.81. The van der Waals surface area contributed by atoms with Crippen LogP contribution in [0.1, 0.15) is 96.8 Å². The number of carbonyl (C=O) groups excluding carboxylic acids is 1. The zero-order chi connectivity index (χ0) is 19.6. The van der Waals surface area contributed by atoms with Crippen molar-refractivity contribution in [2.24, 2.45) is 0 Å². The van der Waals surface area contributed by atoms with Crippen LogP contribution in [-0.4, -0.2) is 34.4 Å². The van der Waals surface area contributed by atoms with Crippen molar-refractivity contribution in [2.75, 3.05) is 0 Å². The maximum atomic E-state index is 11.5. The average molecular weight is 371 g/mol. The molecule has 0 aromatic heterocycles.